The summed E-state index contributed by atoms with van der Waals surface area (Å²) in [6.45, 7) is 6.62. The minimum Gasteiger partial charge on any atom is -0.378 e. The predicted octanol–water partition coefficient (Wildman–Crippen LogP) is 3.16. The van der Waals surface area contributed by atoms with Gasteiger partial charge in [-0.15, -0.1) is 0 Å². The Kier molecular flexibility index (Phi) is 5.70. The zero-order valence-corrected chi connectivity index (χ0v) is 16.6. The van der Waals surface area contributed by atoms with E-state index in [1.54, 1.807) is 23.1 Å². The molecule has 2 aromatic carbocycles. The maximum Gasteiger partial charge on any atom is 0.254 e. The number of amides is 1. The number of ether oxygens (including phenoxy) is 1. The molecule has 1 fully saturated rings. The van der Waals surface area contributed by atoms with Gasteiger partial charge in [-0.05, 0) is 52.6 Å². The first kappa shape index (κ1) is 19.9. The van der Waals surface area contributed by atoms with Crippen LogP contribution in [0.5, 0.6) is 0 Å². The Bertz CT molecular complexity index is 1130. The van der Waals surface area contributed by atoms with Crippen molar-refractivity contribution in [2.75, 3.05) is 32.8 Å². The smallest absolute Gasteiger partial charge is 0.254 e. The Morgan fingerprint density at radius 3 is 2.67 bits per heavy atom. The SMILES string of the molecule is C=C(CN)c1cccc(-c2cc(C=O)nc3ccc(C(=O)N4CCOCC4)cc23)c1. The van der Waals surface area contributed by atoms with Gasteiger partial charge in [0.15, 0.2) is 6.29 Å². The Morgan fingerprint density at radius 1 is 1.13 bits per heavy atom. The number of carbonyl (C=O) groups is 2. The molecule has 152 valence electrons. The number of carbonyl (C=O) groups excluding carboxylic acids is 2. The summed E-state index contributed by atoms with van der Waals surface area (Å²) < 4.78 is 5.35. The van der Waals surface area contributed by atoms with Gasteiger partial charge in [0.1, 0.15) is 5.69 Å². The van der Waals surface area contributed by atoms with E-state index in [9.17, 15) is 9.59 Å². The average Bonchev–Trinajstić information content (AvgIpc) is 2.82. The second-order valence-corrected chi connectivity index (χ2v) is 7.24. The summed E-state index contributed by atoms with van der Waals surface area (Å²) in [5.74, 6) is -0.0316. The molecule has 6 heteroatoms. The van der Waals surface area contributed by atoms with E-state index in [1.165, 1.54) is 0 Å². The number of nitrogens with zero attached hydrogens (tertiary/aromatic N) is 2. The first-order valence-electron chi connectivity index (χ1n) is 9.86. The highest BCUT2D eigenvalue weighted by atomic mass is 16.5. The fraction of sp³-hybridized carbons (Fsp3) is 0.208. The third-order valence-electron chi connectivity index (χ3n) is 5.32. The largest absolute Gasteiger partial charge is 0.378 e. The van der Waals surface area contributed by atoms with E-state index in [1.807, 2.05) is 30.3 Å². The molecule has 0 saturated carbocycles. The molecule has 2 heterocycles. The maximum absolute atomic E-state index is 13.0. The molecule has 1 aliphatic heterocycles. The van der Waals surface area contributed by atoms with E-state index in [2.05, 4.69) is 11.6 Å². The number of pyridine rings is 1. The van der Waals surface area contributed by atoms with Crippen LogP contribution in [0.1, 0.15) is 26.4 Å². The van der Waals surface area contributed by atoms with Crippen molar-refractivity contribution in [1.29, 1.82) is 0 Å². The van der Waals surface area contributed by atoms with E-state index < -0.39 is 0 Å². The number of hydrogen-bond acceptors (Lipinski definition) is 5. The van der Waals surface area contributed by atoms with Gasteiger partial charge in [0.2, 0.25) is 0 Å². The highest BCUT2D eigenvalue weighted by Crippen LogP contribution is 2.31. The molecule has 30 heavy (non-hydrogen) atoms. The Hall–Kier alpha value is -3.35. The fourth-order valence-corrected chi connectivity index (χ4v) is 3.65. The van der Waals surface area contributed by atoms with Gasteiger partial charge in [0.25, 0.3) is 5.91 Å². The molecule has 1 saturated heterocycles. The standard InChI is InChI=1S/C24H23N3O3/c1-16(14-25)17-3-2-4-18(11-17)21-13-20(15-28)26-23-6-5-19(12-22(21)23)24(29)27-7-9-30-10-8-27/h2-6,11-13,15H,1,7-10,14,25H2. The third kappa shape index (κ3) is 3.87. The van der Waals surface area contributed by atoms with E-state index in [0.717, 1.165) is 33.9 Å². The number of morpholine rings is 1. The number of hydrogen-bond donors (Lipinski definition) is 1. The van der Waals surface area contributed by atoms with Gasteiger partial charge in [-0.25, -0.2) is 4.98 Å². The number of nitrogens with two attached hydrogens (primary N) is 1. The summed E-state index contributed by atoms with van der Waals surface area (Å²) in [6, 6.07) is 15.0. The topological polar surface area (TPSA) is 85.5 Å². The molecule has 1 amide bonds. The molecule has 0 spiro atoms. The average molecular weight is 401 g/mol. The zero-order chi connectivity index (χ0) is 21.1. The summed E-state index contributed by atoms with van der Waals surface area (Å²) in [6.07, 6.45) is 0.735. The van der Waals surface area contributed by atoms with E-state index in [-0.39, 0.29) is 5.91 Å². The van der Waals surface area contributed by atoms with Crippen molar-refractivity contribution in [3.8, 4) is 11.1 Å². The van der Waals surface area contributed by atoms with Gasteiger partial charge >= 0.3 is 0 Å². The monoisotopic (exact) mass is 401 g/mol. The quantitative estimate of drug-likeness (QED) is 0.664. The van der Waals surface area contributed by atoms with E-state index >= 15 is 0 Å². The van der Waals surface area contributed by atoms with E-state index in [4.69, 9.17) is 10.5 Å². The fourth-order valence-electron chi connectivity index (χ4n) is 3.65. The van der Waals surface area contributed by atoms with Crippen molar-refractivity contribution < 1.29 is 14.3 Å². The van der Waals surface area contributed by atoms with Crippen molar-refractivity contribution in [1.82, 2.24) is 9.88 Å². The lowest BCUT2D eigenvalue weighted by Gasteiger charge is -2.27. The molecule has 1 aliphatic rings. The maximum atomic E-state index is 13.0. The van der Waals surface area contributed by atoms with Gasteiger partial charge in [0.05, 0.1) is 18.7 Å². The molecule has 2 N–H and O–H groups in total. The summed E-state index contributed by atoms with van der Waals surface area (Å²) in [7, 11) is 0. The molecular weight excluding hydrogens is 378 g/mol. The van der Waals surface area contributed by atoms with Crippen molar-refractivity contribution in [3.05, 3.63) is 71.9 Å². The van der Waals surface area contributed by atoms with Crippen molar-refractivity contribution in [2.45, 2.75) is 0 Å². The minimum absolute atomic E-state index is 0.0316. The third-order valence-corrected chi connectivity index (χ3v) is 5.32. The molecule has 0 radical (unpaired) electrons. The van der Waals surface area contributed by atoms with Gasteiger partial charge in [-0.1, -0.05) is 24.8 Å². The molecule has 0 unspecified atom stereocenters. The first-order chi connectivity index (χ1) is 14.6. The minimum atomic E-state index is -0.0316. The second kappa shape index (κ2) is 8.57. The molecule has 0 aliphatic carbocycles. The summed E-state index contributed by atoms with van der Waals surface area (Å²) >= 11 is 0. The lowest BCUT2D eigenvalue weighted by Crippen LogP contribution is -2.40. The van der Waals surface area contributed by atoms with Crippen LogP contribution in [-0.4, -0.2) is 54.9 Å². The summed E-state index contributed by atoms with van der Waals surface area (Å²) in [4.78, 5) is 30.6. The number of aromatic nitrogens is 1. The van der Waals surface area contributed by atoms with Crippen molar-refractivity contribution in [3.63, 3.8) is 0 Å². The highest BCUT2D eigenvalue weighted by molar-refractivity contribution is 6.03. The number of fused-ring (bicyclic) bond motifs is 1. The Labute approximate surface area is 175 Å². The van der Waals surface area contributed by atoms with Gasteiger partial charge in [-0.2, -0.15) is 0 Å². The molecular formula is C24H23N3O3. The number of rotatable bonds is 5. The molecule has 3 aromatic rings. The van der Waals surface area contributed by atoms with Gasteiger partial charge in [0, 0.05) is 30.6 Å². The molecule has 4 rings (SSSR count). The lowest BCUT2D eigenvalue weighted by molar-refractivity contribution is 0.0303. The molecule has 0 bridgehead atoms. The molecule has 6 nitrogen and oxygen atoms in total. The van der Waals surface area contributed by atoms with E-state index in [0.29, 0.717) is 49.6 Å². The van der Waals surface area contributed by atoms with Crippen molar-refractivity contribution in [2.24, 2.45) is 5.73 Å². The van der Waals surface area contributed by atoms with Crippen LogP contribution in [0.3, 0.4) is 0 Å². The summed E-state index contributed by atoms with van der Waals surface area (Å²) in [5.41, 5.74) is 10.9. The van der Waals surface area contributed by atoms with Crippen LogP contribution in [0.25, 0.3) is 27.6 Å². The zero-order valence-electron chi connectivity index (χ0n) is 16.6. The van der Waals surface area contributed by atoms with Crippen LogP contribution in [-0.2, 0) is 4.74 Å². The number of benzene rings is 2. The molecule has 1 aromatic heterocycles. The van der Waals surface area contributed by atoms with Crippen LogP contribution in [0.4, 0.5) is 0 Å². The van der Waals surface area contributed by atoms with Crippen molar-refractivity contribution >= 4 is 28.7 Å². The second-order valence-electron chi connectivity index (χ2n) is 7.24. The van der Waals surface area contributed by atoms with Crippen LogP contribution in [0, 0.1) is 0 Å². The normalized spacial score (nSPS) is 14.0. The van der Waals surface area contributed by atoms with Crippen LogP contribution >= 0.6 is 0 Å². The van der Waals surface area contributed by atoms with Crippen LogP contribution < -0.4 is 5.73 Å². The Balaban J connectivity index is 1.84. The number of aldehydes is 1. The van der Waals surface area contributed by atoms with Crippen LogP contribution in [0.2, 0.25) is 0 Å². The highest BCUT2D eigenvalue weighted by Gasteiger charge is 2.19. The summed E-state index contributed by atoms with van der Waals surface area (Å²) in [5, 5.41) is 0.815. The van der Waals surface area contributed by atoms with Gasteiger partial charge in [-0.3, -0.25) is 9.59 Å². The molecule has 0 atom stereocenters. The first-order valence-corrected chi connectivity index (χ1v) is 9.86. The predicted molar refractivity (Wildman–Crippen MR) is 117 cm³/mol. The lowest BCUT2D eigenvalue weighted by atomic mass is 9.95. The van der Waals surface area contributed by atoms with Crippen LogP contribution in [0.15, 0.2) is 55.1 Å². The Morgan fingerprint density at radius 2 is 1.93 bits per heavy atom. The van der Waals surface area contributed by atoms with Gasteiger partial charge < -0.3 is 15.4 Å².